The smallest absolute Gasteiger partial charge is 0.291 e. The number of carbonyl (C=O) groups excluding carboxylic acids is 2. The Hall–Kier alpha value is -3.52. The number of nitrogens with zero attached hydrogens (tertiary/aromatic N) is 1. The van der Waals surface area contributed by atoms with Gasteiger partial charge in [-0.15, -0.1) is 0 Å². The van der Waals surface area contributed by atoms with Gasteiger partial charge in [0.05, 0.1) is 33.0 Å². The Kier molecular flexibility index (Phi) is 5.58. The van der Waals surface area contributed by atoms with E-state index in [1.165, 1.54) is 14.2 Å². The molecule has 0 unspecified atom stereocenters. The van der Waals surface area contributed by atoms with E-state index in [1.807, 2.05) is 12.1 Å². The van der Waals surface area contributed by atoms with Crippen molar-refractivity contribution in [3.63, 3.8) is 0 Å². The largest absolute Gasteiger partial charge is 0.497 e. The SMILES string of the molecule is COc1ccc(OC)c(C(=O)Nc2c(C(=O)N3CCOCC3)oc3ccccc23)c1. The fourth-order valence-electron chi connectivity index (χ4n) is 3.40. The molecule has 1 N–H and O–H groups in total. The van der Waals surface area contributed by atoms with Gasteiger partial charge in [0.1, 0.15) is 22.8 Å². The molecule has 0 atom stereocenters. The molecule has 0 bridgehead atoms. The maximum atomic E-state index is 13.1. The van der Waals surface area contributed by atoms with Crippen molar-refractivity contribution in [1.82, 2.24) is 4.90 Å². The molecule has 30 heavy (non-hydrogen) atoms. The summed E-state index contributed by atoms with van der Waals surface area (Å²) in [7, 11) is 3.01. The number of carbonyl (C=O) groups is 2. The van der Waals surface area contributed by atoms with Gasteiger partial charge in [-0.25, -0.2) is 0 Å². The van der Waals surface area contributed by atoms with Crippen LogP contribution in [0.25, 0.3) is 11.0 Å². The number of nitrogens with one attached hydrogen (secondary N) is 1. The average Bonchev–Trinajstić information content (AvgIpc) is 3.17. The Morgan fingerprint density at radius 2 is 1.80 bits per heavy atom. The van der Waals surface area contributed by atoms with Crippen molar-refractivity contribution in [3.8, 4) is 11.5 Å². The molecule has 2 aromatic carbocycles. The number of ether oxygens (including phenoxy) is 3. The molecular weight excluding hydrogens is 388 g/mol. The van der Waals surface area contributed by atoms with Crippen molar-refractivity contribution in [1.29, 1.82) is 0 Å². The highest BCUT2D eigenvalue weighted by Gasteiger charge is 2.28. The molecule has 3 aromatic rings. The summed E-state index contributed by atoms with van der Waals surface area (Å²) in [5.74, 6) is 0.272. The molecule has 1 saturated heterocycles. The van der Waals surface area contributed by atoms with Crippen LogP contribution in [0.2, 0.25) is 0 Å². The molecular formula is C22H22N2O6. The maximum absolute atomic E-state index is 13.1. The van der Waals surface area contributed by atoms with E-state index >= 15 is 0 Å². The predicted octanol–water partition coefficient (Wildman–Crippen LogP) is 3.17. The standard InChI is InChI=1S/C22H22N2O6/c1-27-14-7-8-17(28-2)16(13-14)21(25)23-19-15-5-3-4-6-18(15)30-20(19)22(26)24-9-11-29-12-10-24/h3-8,13H,9-12H2,1-2H3,(H,23,25). The lowest BCUT2D eigenvalue weighted by molar-refractivity contribution is 0.0285. The number of amides is 2. The highest BCUT2D eigenvalue weighted by atomic mass is 16.5. The number of morpholine rings is 1. The summed E-state index contributed by atoms with van der Waals surface area (Å²) in [4.78, 5) is 27.9. The highest BCUT2D eigenvalue weighted by molar-refractivity contribution is 6.15. The first-order chi connectivity index (χ1) is 14.6. The number of methoxy groups -OCH3 is 2. The Bertz CT molecular complexity index is 1080. The minimum Gasteiger partial charge on any atom is -0.497 e. The molecule has 156 valence electrons. The van der Waals surface area contributed by atoms with Crippen LogP contribution in [0.3, 0.4) is 0 Å². The number of hydrogen-bond acceptors (Lipinski definition) is 6. The summed E-state index contributed by atoms with van der Waals surface area (Å²) in [5, 5.41) is 3.49. The molecule has 0 saturated carbocycles. The first-order valence-corrected chi connectivity index (χ1v) is 9.54. The summed E-state index contributed by atoms with van der Waals surface area (Å²) < 4.78 is 21.7. The zero-order chi connectivity index (χ0) is 21.1. The third-order valence-electron chi connectivity index (χ3n) is 4.98. The predicted molar refractivity (Wildman–Crippen MR) is 110 cm³/mol. The molecule has 1 aliphatic rings. The molecule has 0 spiro atoms. The van der Waals surface area contributed by atoms with E-state index < -0.39 is 5.91 Å². The van der Waals surface area contributed by atoms with Gasteiger partial charge < -0.3 is 28.8 Å². The van der Waals surface area contributed by atoms with E-state index in [2.05, 4.69) is 5.32 Å². The van der Waals surface area contributed by atoms with E-state index in [-0.39, 0.29) is 17.2 Å². The molecule has 8 heteroatoms. The second-order valence-electron chi connectivity index (χ2n) is 6.73. The molecule has 8 nitrogen and oxygen atoms in total. The lowest BCUT2D eigenvalue weighted by Gasteiger charge is -2.26. The first-order valence-electron chi connectivity index (χ1n) is 9.54. The van der Waals surface area contributed by atoms with Crippen molar-refractivity contribution in [2.24, 2.45) is 0 Å². The molecule has 1 aromatic heterocycles. The van der Waals surface area contributed by atoms with Crippen LogP contribution in [0.5, 0.6) is 11.5 Å². The van der Waals surface area contributed by atoms with Gasteiger partial charge in [0.2, 0.25) is 5.76 Å². The number of hydrogen-bond donors (Lipinski definition) is 1. The monoisotopic (exact) mass is 410 g/mol. The van der Waals surface area contributed by atoms with Crippen LogP contribution >= 0.6 is 0 Å². The molecule has 0 aliphatic carbocycles. The van der Waals surface area contributed by atoms with Crippen LogP contribution in [0.15, 0.2) is 46.9 Å². The van der Waals surface area contributed by atoms with E-state index in [4.69, 9.17) is 18.6 Å². The van der Waals surface area contributed by atoms with E-state index in [1.54, 1.807) is 35.2 Å². The quantitative estimate of drug-likeness (QED) is 0.695. The molecule has 2 heterocycles. The van der Waals surface area contributed by atoms with E-state index in [0.29, 0.717) is 54.5 Å². The Morgan fingerprint density at radius 1 is 1.03 bits per heavy atom. The van der Waals surface area contributed by atoms with Crippen molar-refractivity contribution >= 4 is 28.5 Å². The van der Waals surface area contributed by atoms with Crippen LogP contribution in [-0.2, 0) is 4.74 Å². The molecule has 4 rings (SSSR count). The van der Waals surface area contributed by atoms with Crippen molar-refractivity contribution in [2.75, 3.05) is 45.8 Å². The molecule has 2 amide bonds. The Morgan fingerprint density at radius 3 is 2.53 bits per heavy atom. The average molecular weight is 410 g/mol. The summed E-state index contributed by atoms with van der Waals surface area (Å²) in [6.45, 7) is 1.86. The van der Waals surface area contributed by atoms with Gasteiger partial charge in [-0.1, -0.05) is 12.1 Å². The summed E-state index contributed by atoms with van der Waals surface area (Å²) in [6, 6.07) is 12.1. The number of rotatable bonds is 5. The second kappa shape index (κ2) is 8.46. The summed E-state index contributed by atoms with van der Waals surface area (Å²) in [5.41, 5.74) is 1.13. The zero-order valence-corrected chi connectivity index (χ0v) is 16.8. The van der Waals surface area contributed by atoms with Crippen LogP contribution in [0.1, 0.15) is 20.9 Å². The fourth-order valence-corrected chi connectivity index (χ4v) is 3.40. The van der Waals surface area contributed by atoms with Crippen LogP contribution in [0, 0.1) is 0 Å². The van der Waals surface area contributed by atoms with Gasteiger partial charge in [0, 0.05) is 18.5 Å². The van der Waals surface area contributed by atoms with Gasteiger partial charge >= 0.3 is 0 Å². The highest BCUT2D eigenvalue weighted by Crippen LogP contribution is 2.33. The molecule has 1 fully saturated rings. The number of benzene rings is 2. The van der Waals surface area contributed by atoms with Gasteiger partial charge in [0.15, 0.2) is 0 Å². The first kappa shape index (κ1) is 19.8. The van der Waals surface area contributed by atoms with Crippen molar-refractivity contribution in [3.05, 3.63) is 53.8 Å². The second-order valence-corrected chi connectivity index (χ2v) is 6.73. The maximum Gasteiger partial charge on any atom is 0.291 e. The third kappa shape index (κ3) is 3.69. The summed E-state index contributed by atoms with van der Waals surface area (Å²) >= 11 is 0. The van der Waals surface area contributed by atoms with Gasteiger partial charge in [-0.05, 0) is 30.3 Å². The van der Waals surface area contributed by atoms with E-state index in [0.717, 1.165) is 0 Å². The molecule has 0 radical (unpaired) electrons. The third-order valence-corrected chi connectivity index (χ3v) is 4.98. The van der Waals surface area contributed by atoms with Crippen molar-refractivity contribution < 1.29 is 28.2 Å². The molecule has 1 aliphatic heterocycles. The van der Waals surface area contributed by atoms with Crippen LogP contribution in [-0.4, -0.2) is 57.2 Å². The minimum absolute atomic E-state index is 0.0910. The van der Waals surface area contributed by atoms with E-state index in [9.17, 15) is 9.59 Å². The van der Waals surface area contributed by atoms with Crippen molar-refractivity contribution in [2.45, 2.75) is 0 Å². The number of fused-ring (bicyclic) bond motifs is 1. The normalized spacial score (nSPS) is 13.9. The fraction of sp³-hybridized carbons (Fsp3) is 0.273. The lowest BCUT2D eigenvalue weighted by atomic mass is 10.1. The van der Waals surface area contributed by atoms with Gasteiger partial charge in [-0.3, -0.25) is 9.59 Å². The number of furan rings is 1. The zero-order valence-electron chi connectivity index (χ0n) is 16.8. The van der Waals surface area contributed by atoms with Gasteiger partial charge in [0.25, 0.3) is 11.8 Å². The lowest BCUT2D eigenvalue weighted by Crippen LogP contribution is -2.40. The van der Waals surface area contributed by atoms with Gasteiger partial charge in [-0.2, -0.15) is 0 Å². The van der Waals surface area contributed by atoms with Crippen LogP contribution < -0.4 is 14.8 Å². The topological polar surface area (TPSA) is 90.2 Å². The minimum atomic E-state index is -0.437. The van der Waals surface area contributed by atoms with Crippen LogP contribution in [0.4, 0.5) is 5.69 Å². The summed E-state index contributed by atoms with van der Waals surface area (Å²) in [6.07, 6.45) is 0. The number of anilines is 1. The Labute approximate surface area is 173 Å². The number of para-hydroxylation sites is 1. The Balaban J connectivity index is 1.73.